The molecule has 0 aliphatic carbocycles. The highest BCUT2D eigenvalue weighted by molar-refractivity contribution is 9.11. The zero-order chi connectivity index (χ0) is 14.5. The lowest BCUT2D eigenvalue weighted by atomic mass is 10.1. The van der Waals surface area contributed by atoms with Crippen LogP contribution in [0.4, 0.5) is 4.79 Å². The van der Waals surface area contributed by atoms with Gasteiger partial charge < -0.3 is 9.64 Å². The molecule has 0 saturated carbocycles. The number of ether oxygens (including phenoxy) is 1. The molecule has 5 heteroatoms. The molecule has 0 radical (unpaired) electrons. The highest BCUT2D eigenvalue weighted by Gasteiger charge is 2.24. The van der Waals surface area contributed by atoms with Gasteiger partial charge in [0.15, 0.2) is 5.78 Å². The number of amides is 1. The van der Waals surface area contributed by atoms with Gasteiger partial charge in [0.05, 0.1) is 6.54 Å². The molecule has 20 heavy (non-hydrogen) atoms. The van der Waals surface area contributed by atoms with Crippen LogP contribution in [0, 0.1) is 0 Å². The van der Waals surface area contributed by atoms with Crippen molar-refractivity contribution in [1.29, 1.82) is 0 Å². The van der Waals surface area contributed by atoms with Crippen molar-refractivity contribution in [3.8, 4) is 0 Å². The fraction of sp³-hybridized carbons (Fsp3) is 0.333. The molecule has 0 aromatic heterocycles. The molecule has 0 bridgehead atoms. The van der Waals surface area contributed by atoms with Crippen LogP contribution in [0.3, 0.4) is 0 Å². The molecule has 0 atom stereocenters. The van der Waals surface area contributed by atoms with E-state index in [-0.39, 0.29) is 18.5 Å². The first kappa shape index (κ1) is 14.8. The number of Topliss-reactive ketones (excluding diaryl/α,β-unsaturated/α-hetero) is 1. The summed E-state index contributed by atoms with van der Waals surface area (Å²) in [5, 5.41) is 0. The Morgan fingerprint density at radius 1 is 1.30 bits per heavy atom. The SMILES string of the molecule is CC(=O)C1=C(Br)CCN(C(=O)OCc2ccccc2)C1. The van der Waals surface area contributed by atoms with Gasteiger partial charge in [-0.15, -0.1) is 0 Å². The van der Waals surface area contributed by atoms with Gasteiger partial charge in [0.1, 0.15) is 6.61 Å². The lowest BCUT2D eigenvalue weighted by molar-refractivity contribution is -0.113. The van der Waals surface area contributed by atoms with Crippen LogP contribution < -0.4 is 0 Å². The van der Waals surface area contributed by atoms with Crippen molar-refractivity contribution in [1.82, 2.24) is 4.90 Å². The summed E-state index contributed by atoms with van der Waals surface area (Å²) >= 11 is 3.39. The molecule has 1 amide bonds. The van der Waals surface area contributed by atoms with E-state index in [1.165, 1.54) is 6.92 Å². The summed E-state index contributed by atoms with van der Waals surface area (Å²) < 4.78 is 6.15. The third-order valence-electron chi connectivity index (χ3n) is 3.17. The summed E-state index contributed by atoms with van der Waals surface area (Å²) in [6, 6.07) is 9.52. The Balaban J connectivity index is 1.93. The second kappa shape index (κ2) is 6.70. The van der Waals surface area contributed by atoms with Crippen molar-refractivity contribution in [2.24, 2.45) is 0 Å². The van der Waals surface area contributed by atoms with E-state index in [1.54, 1.807) is 4.90 Å². The van der Waals surface area contributed by atoms with E-state index in [0.29, 0.717) is 25.1 Å². The summed E-state index contributed by atoms with van der Waals surface area (Å²) in [5.41, 5.74) is 1.59. The van der Waals surface area contributed by atoms with Crippen molar-refractivity contribution in [2.45, 2.75) is 20.0 Å². The maximum Gasteiger partial charge on any atom is 0.410 e. The summed E-state index contributed by atoms with van der Waals surface area (Å²) in [4.78, 5) is 25.1. The minimum absolute atomic E-state index is 0.0163. The van der Waals surface area contributed by atoms with Gasteiger partial charge in [0, 0.05) is 16.6 Å². The van der Waals surface area contributed by atoms with Crippen LogP contribution in [0.2, 0.25) is 0 Å². The summed E-state index contributed by atoms with van der Waals surface area (Å²) in [7, 11) is 0. The van der Waals surface area contributed by atoms with Crippen molar-refractivity contribution < 1.29 is 14.3 Å². The fourth-order valence-corrected chi connectivity index (χ4v) is 2.59. The van der Waals surface area contributed by atoms with Gasteiger partial charge in [-0.25, -0.2) is 4.79 Å². The van der Waals surface area contributed by atoms with E-state index in [9.17, 15) is 9.59 Å². The Morgan fingerprint density at radius 2 is 2.00 bits per heavy atom. The maximum absolute atomic E-state index is 12.0. The third kappa shape index (κ3) is 3.70. The molecule has 1 aromatic rings. The first-order valence-corrected chi connectivity index (χ1v) is 7.21. The number of hydrogen-bond acceptors (Lipinski definition) is 3. The van der Waals surface area contributed by atoms with Gasteiger partial charge in [-0.1, -0.05) is 46.3 Å². The number of carbonyl (C=O) groups is 2. The number of halogens is 1. The predicted octanol–water partition coefficient (Wildman–Crippen LogP) is 3.27. The minimum Gasteiger partial charge on any atom is -0.445 e. The normalized spacial score (nSPS) is 15.2. The number of hydrogen-bond donors (Lipinski definition) is 0. The van der Waals surface area contributed by atoms with Crippen LogP contribution in [0.15, 0.2) is 40.4 Å². The Hall–Kier alpha value is -1.62. The van der Waals surface area contributed by atoms with Gasteiger partial charge in [0.25, 0.3) is 0 Å². The first-order valence-electron chi connectivity index (χ1n) is 6.42. The van der Waals surface area contributed by atoms with Crippen molar-refractivity contribution in [3.63, 3.8) is 0 Å². The molecule has 0 spiro atoms. The monoisotopic (exact) mass is 337 g/mol. The molecule has 1 aliphatic rings. The first-order chi connectivity index (χ1) is 9.58. The van der Waals surface area contributed by atoms with E-state index >= 15 is 0 Å². The lowest BCUT2D eigenvalue weighted by Gasteiger charge is -2.27. The van der Waals surface area contributed by atoms with Gasteiger partial charge >= 0.3 is 6.09 Å². The standard InChI is InChI=1S/C15H16BrNO3/c1-11(18)13-9-17(8-7-14(13)16)15(19)20-10-12-5-3-2-4-6-12/h2-6H,7-10H2,1H3. The Kier molecular flexibility index (Phi) is 4.95. The molecule has 2 rings (SSSR count). The minimum atomic E-state index is -0.382. The molecule has 1 aliphatic heterocycles. The topological polar surface area (TPSA) is 46.6 Å². The van der Waals surface area contributed by atoms with Gasteiger partial charge in [-0.3, -0.25) is 4.79 Å². The third-order valence-corrected chi connectivity index (χ3v) is 4.04. The second-order valence-corrected chi connectivity index (χ2v) is 5.61. The summed E-state index contributed by atoms with van der Waals surface area (Å²) in [6.07, 6.45) is 0.266. The number of benzene rings is 1. The fourth-order valence-electron chi connectivity index (χ4n) is 2.01. The van der Waals surface area contributed by atoms with Gasteiger partial charge in [-0.05, 0) is 18.9 Å². The van der Waals surface area contributed by atoms with Crippen molar-refractivity contribution in [3.05, 3.63) is 46.0 Å². The van der Waals surface area contributed by atoms with E-state index in [2.05, 4.69) is 15.9 Å². The molecule has 106 valence electrons. The summed E-state index contributed by atoms with van der Waals surface area (Å²) in [6.45, 7) is 2.63. The van der Waals surface area contributed by atoms with E-state index in [1.807, 2.05) is 30.3 Å². The van der Waals surface area contributed by atoms with Crippen molar-refractivity contribution in [2.75, 3.05) is 13.1 Å². The molecule has 1 heterocycles. The van der Waals surface area contributed by atoms with E-state index in [0.717, 1.165) is 10.0 Å². The molecular formula is C15H16BrNO3. The molecule has 4 nitrogen and oxygen atoms in total. The van der Waals surface area contributed by atoms with E-state index in [4.69, 9.17) is 4.74 Å². The lowest BCUT2D eigenvalue weighted by Crippen LogP contribution is -2.38. The Labute approximate surface area is 126 Å². The van der Waals surface area contributed by atoms with E-state index < -0.39 is 0 Å². The molecular weight excluding hydrogens is 322 g/mol. The van der Waals surface area contributed by atoms with Gasteiger partial charge in [-0.2, -0.15) is 0 Å². The maximum atomic E-state index is 12.0. The van der Waals surface area contributed by atoms with Crippen LogP contribution in [0.25, 0.3) is 0 Å². The number of ketones is 1. The average molecular weight is 338 g/mol. The number of rotatable bonds is 3. The molecule has 0 unspecified atom stereocenters. The number of nitrogens with zero attached hydrogens (tertiary/aromatic N) is 1. The molecule has 0 fully saturated rings. The molecule has 1 aromatic carbocycles. The average Bonchev–Trinajstić information content (AvgIpc) is 2.46. The van der Waals surface area contributed by atoms with Crippen LogP contribution in [-0.2, 0) is 16.1 Å². The Morgan fingerprint density at radius 3 is 2.65 bits per heavy atom. The van der Waals surface area contributed by atoms with Gasteiger partial charge in [0.2, 0.25) is 0 Å². The highest BCUT2D eigenvalue weighted by Crippen LogP contribution is 2.24. The zero-order valence-corrected chi connectivity index (χ0v) is 12.9. The summed E-state index contributed by atoms with van der Waals surface area (Å²) in [5.74, 6) is -0.0163. The highest BCUT2D eigenvalue weighted by atomic mass is 79.9. The Bertz CT molecular complexity index is 539. The number of carbonyl (C=O) groups excluding carboxylic acids is 2. The smallest absolute Gasteiger partial charge is 0.410 e. The van der Waals surface area contributed by atoms with Crippen LogP contribution in [0.1, 0.15) is 18.9 Å². The zero-order valence-electron chi connectivity index (χ0n) is 11.3. The second-order valence-electron chi connectivity index (χ2n) is 4.65. The van der Waals surface area contributed by atoms with Crippen LogP contribution >= 0.6 is 15.9 Å². The predicted molar refractivity (Wildman–Crippen MR) is 79.5 cm³/mol. The quantitative estimate of drug-likeness (QED) is 0.850. The van der Waals surface area contributed by atoms with Crippen molar-refractivity contribution >= 4 is 27.8 Å². The van der Waals surface area contributed by atoms with Crippen LogP contribution in [0.5, 0.6) is 0 Å². The molecule has 0 saturated heterocycles. The van der Waals surface area contributed by atoms with Crippen LogP contribution in [-0.4, -0.2) is 29.9 Å². The largest absolute Gasteiger partial charge is 0.445 e. The molecule has 0 N–H and O–H groups in total.